The number of hydrogen-bond donors (Lipinski definition) is 0. The van der Waals surface area contributed by atoms with E-state index in [1.807, 2.05) is 0 Å². The third kappa shape index (κ3) is 4.30. The molecule has 0 saturated heterocycles. The van der Waals surface area contributed by atoms with Crippen LogP contribution in [0.15, 0.2) is 124 Å². The van der Waals surface area contributed by atoms with Crippen molar-refractivity contribution in [1.29, 1.82) is 0 Å². The second-order valence-corrected chi connectivity index (χ2v) is 14.8. The summed E-state index contributed by atoms with van der Waals surface area (Å²) >= 11 is 7.30. The van der Waals surface area contributed by atoms with Crippen LogP contribution in [0.5, 0.6) is 0 Å². The van der Waals surface area contributed by atoms with Crippen molar-refractivity contribution in [1.82, 2.24) is 0 Å². The summed E-state index contributed by atoms with van der Waals surface area (Å²) in [5.41, 5.74) is 9.86. The van der Waals surface area contributed by atoms with Crippen molar-refractivity contribution >= 4 is 70.5 Å². The molecule has 0 N–H and O–H groups in total. The summed E-state index contributed by atoms with van der Waals surface area (Å²) in [4.78, 5) is 2.42. The van der Waals surface area contributed by atoms with Gasteiger partial charge in [0.05, 0.1) is 5.69 Å². The number of rotatable bonds is 4. The molecule has 0 amide bonds. The smallest absolute Gasteiger partial charge is 0.0618 e. The molecule has 212 valence electrons. The van der Waals surface area contributed by atoms with Crippen LogP contribution in [0.1, 0.15) is 50.7 Å². The van der Waals surface area contributed by atoms with Crippen LogP contribution in [0.3, 0.4) is 0 Å². The van der Waals surface area contributed by atoms with E-state index in [0.29, 0.717) is 5.41 Å². The van der Waals surface area contributed by atoms with E-state index in [1.165, 1.54) is 64.0 Å². The van der Waals surface area contributed by atoms with Gasteiger partial charge in [-0.1, -0.05) is 112 Å². The molecule has 1 fully saturated rings. The Morgan fingerprint density at radius 1 is 0.512 bits per heavy atom. The molecule has 43 heavy (non-hydrogen) atoms. The standard InChI is InChI=1S/C40H33Br2N/c1-39-21-23-40(2,24-22-39)36-25-26(11-20-35(36)39)37-31-7-3-5-9-33(31)38(34-10-6-4-8-32(34)37)43(29-16-12-27(41)13-17-29)30-18-14-28(42)15-19-30/h3-20,25H,21-24H2,1-2H3. The zero-order valence-electron chi connectivity index (χ0n) is 24.5. The molecule has 1 nitrogen and oxygen atoms in total. The average molecular weight is 688 g/mol. The van der Waals surface area contributed by atoms with E-state index in [9.17, 15) is 0 Å². The molecule has 0 aliphatic heterocycles. The van der Waals surface area contributed by atoms with Crippen molar-refractivity contribution in [2.24, 2.45) is 0 Å². The first kappa shape index (κ1) is 27.2. The third-order valence-electron chi connectivity index (χ3n) is 10.4. The quantitative estimate of drug-likeness (QED) is 0.167. The summed E-state index contributed by atoms with van der Waals surface area (Å²) in [5.74, 6) is 0. The Balaban J connectivity index is 1.44. The van der Waals surface area contributed by atoms with E-state index >= 15 is 0 Å². The molecule has 3 heteroatoms. The molecule has 0 atom stereocenters. The van der Waals surface area contributed by atoms with Gasteiger partial charge in [-0.05, 0) is 118 Å². The van der Waals surface area contributed by atoms with E-state index < -0.39 is 0 Å². The molecule has 0 radical (unpaired) electrons. The summed E-state index contributed by atoms with van der Waals surface area (Å²) < 4.78 is 2.14. The second kappa shape index (κ2) is 10.1. The van der Waals surface area contributed by atoms with Crippen LogP contribution in [0.2, 0.25) is 0 Å². The topological polar surface area (TPSA) is 3.24 Å². The summed E-state index contributed by atoms with van der Waals surface area (Å²) in [6.07, 6.45) is 5.18. The fraction of sp³-hybridized carbons (Fsp3) is 0.200. The Labute approximate surface area is 270 Å². The van der Waals surface area contributed by atoms with Gasteiger partial charge in [0.1, 0.15) is 0 Å². The van der Waals surface area contributed by atoms with Crippen LogP contribution in [-0.4, -0.2) is 0 Å². The minimum absolute atomic E-state index is 0.272. The lowest BCUT2D eigenvalue weighted by molar-refractivity contribution is 0.188. The third-order valence-corrected chi connectivity index (χ3v) is 11.4. The number of halogens is 2. The van der Waals surface area contributed by atoms with Crippen LogP contribution < -0.4 is 4.90 Å². The molecule has 2 bridgehead atoms. The molecule has 0 spiro atoms. The van der Waals surface area contributed by atoms with Crippen molar-refractivity contribution in [3.05, 3.63) is 135 Å². The van der Waals surface area contributed by atoms with Crippen LogP contribution in [0.25, 0.3) is 32.7 Å². The van der Waals surface area contributed by atoms with Crippen molar-refractivity contribution < 1.29 is 0 Å². The minimum atomic E-state index is 0.272. The lowest BCUT2D eigenvalue weighted by atomic mass is 9.52. The van der Waals surface area contributed by atoms with Crippen LogP contribution in [-0.2, 0) is 10.8 Å². The predicted molar refractivity (Wildman–Crippen MR) is 190 cm³/mol. The molecular weight excluding hydrogens is 654 g/mol. The van der Waals surface area contributed by atoms with Gasteiger partial charge in [0, 0.05) is 31.1 Å². The molecular formula is C40H33Br2N. The van der Waals surface area contributed by atoms with Gasteiger partial charge in [0.25, 0.3) is 0 Å². The Kier molecular flexibility index (Phi) is 6.37. The Bertz CT molecular complexity index is 1910. The van der Waals surface area contributed by atoms with Gasteiger partial charge in [-0.2, -0.15) is 0 Å². The molecule has 0 heterocycles. The maximum Gasteiger partial charge on any atom is 0.0618 e. The first-order valence-electron chi connectivity index (χ1n) is 15.2. The Morgan fingerprint density at radius 3 is 1.44 bits per heavy atom. The summed E-state index contributed by atoms with van der Waals surface area (Å²) in [7, 11) is 0. The van der Waals surface area contributed by atoms with Gasteiger partial charge >= 0.3 is 0 Å². The number of hydrogen-bond acceptors (Lipinski definition) is 1. The summed E-state index contributed by atoms with van der Waals surface area (Å²) in [5, 5.41) is 5.07. The van der Waals surface area contributed by atoms with Crippen LogP contribution in [0, 0.1) is 0 Å². The van der Waals surface area contributed by atoms with Crippen molar-refractivity contribution in [2.75, 3.05) is 4.90 Å². The Morgan fingerprint density at radius 2 is 0.953 bits per heavy atom. The van der Waals surface area contributed by atoms with E-state index in [4.69, 9.17) is 0 Å². The highest BCUT2D eigenvalue weighted by atomic mass is 79.9. The number of nitrogens with zero attached hydrogens (tertiary/aromatic N) is 1. The highest BCUT2D eigenvalue weighted by molar-refractivity contribution is 9.10. The summed E-state index contributed by atoms with van der Waals surface area (Å²) in [6.45, 7) is 4.99. The van der Waals surface area contributed by atoms with Crippen molar-refractivity contribution in [3.63, 3.8) is 0 Å². The van der Waals surface area contributed by atoms with Gasteiger partial charge in [-0.25, -0.2) is 0 Å². The van der Waals surface area contributed by atoms with E-state index in [2.05, 4.69) is 166 Å². The van der Waals surface area contributed by atoms with E-state index in [1.54, 1.807) is 11.1 Å². The van der Waals surface area contributed by atoms with Gasteiger partial charge in [-0.3, -0.25) is 0 Å². The van der Waals surface area contributed by atoms with Gasteiger partial charge < -0.3 is 4.90 Å². The highest BCUT2D eigenvalue weighted by Gasteiger charge is 2.47. The first-order chi connectivity index (χ1) is 20.8. The molecule has 6 aromatic rings. The SMILES string of the molecule is CC12CCC(C)(CC1)c1cc(-c3c4ccccc4c(N(c4ccc(Br)cc4)c4ccc(Br)cc4)c4ccccc34)ccc12. The zero-order valence-corrected chi connectivity index (χ0v) is 27.7. The molecule has 3 aliphatic rings. The van der Waals surface area contributed by atoms with E-state index in [0.717, 1.165) is 20.3 Å². The monoisotopic (exact) mass is 685 g/mol. The molecule has 0 aromatic heterocycles. The zero-order chi connectivity index (χ0) is 29.3. The minimum Gasteiger partial charge on any atom is -0.309 e. The number of anilines is 3. The first-order valence-corrected chi connectivity index (χ1v) is 16.8. The summed E-state index contributed by atoms with van der Waals surface area (Å²) in [6, 6.07) is 42.7. The number of benzene rings is 6. The fourth-order valence-electron chi connectivity index (χ4n) is 7.86. The predicted octanol–water partition coefficient (Wildman–Crippen LogP) is 12.8. The van der Waals surface area contributed by atoms with Gasteiger partial charge in [-0.15, -0.1) is 0 Å². The highest BCUT2D eigenvalue weighted by Crippen LogP contribution is 2.57. The molecule has 6 aromatic carbocycles. The molecule has 3 aliphatic carbocycles. The maximum absolute atomic E-state index is 3.65. The Hall–Kier alpha value is -3.40. The van der Waals surface area contributed by atoms with E-state index in [-0.39, 0.29) is 5.41 Å². The lowest BCUT2D eigenvalue weighted by Gasteiger charge is -2.52. The maximum atomic E-state index is 3.65. The molecule has 1 saturated carbocycles. The fourth-order valence-corrected chi connectivity index (χ4v) is 8.39. The lowest BCUT2D eigenvalue weighted by Crippen LogP contribution is -2.44. The molecule has 9 rings (SSSR count). The van der Waals surface area contributed by atoms with Crippen molar-refractivity contribution in [3.8, 4) is 11.1 Å². The number of fused-ring (bicyclic) bond motifs is 4. The van der Waals surface area contributed by atoms with Crippen LogP contribution >= 0.6 is 31.9 Å². The van der Waals surface area contributed by atoms with Crippen LogP contribution in [0.4, 0.5) is 17.1 Å². The van der Waals surface area contributed by atoms with Gasteiger partial charge in [0.15, 0.2) is 0 Å². The largest absolute Gasteiger partial charge is 0.309 e. The average Bonchev–Trinajstić information content (AvgIpc) is 3.03. The second-order valence-electron chi connectivity index (χ2n) is 13.0. The molecule has 0 unspecified atom stereocenters. The van der Waals surface area contributed by atoms with Gasteiger partial charge in [0.2, 0.25) is 0 Å². The normalized spacial score (nSPS) is 20.8. The van der Waals surface area contributed by atoms with Crippen molar-refractivity contribution in [2.45, 2.75) is 50.4 Å².